The van der Waals surface area contributed by atoms with Gasteiger partial charge in [0.05, 0.1) is 23.7 Å². The van der Waals surface area contributed by atoms with E-state index in [0.717, 1.165) is 21.7 Å². The molecule has 116 valence electrons. The van der Waals surface area contributed by atoms with E-state index in [1.165, 1.54) is 0 Å². The fourth-order valence-corrected chi connectivity index (χ4v) is 3.36. The third-order valence-electron chi connectivity index (χ3n) is 3.94. The topological polar surface area (TPSA) is 50.1 Å². The third kappa shape index (κ3) is 3.21. The molecule has 0 bridgehead atoms. The van der Waals surface area contributed by atoms with Gasteiger partial charge in [-0.05, 0) is 36.9 Å². The number of para-hydroxylation sites is 2. The maximum absolute atomic E-state index is 10.2. The first kappa shape index (κ1) is 15.2. The Morgan fingerprint density at radius 3 is 2.82 bits per heavy atom. The van der Waals surface area contributed by atoms with E-state index >= 15 is 0 Å². The molecule has 2 unspecified atom stereocenters. The summed E-state index contributed by atoms with van der Waals surface area (Å²) < 4.78 is 2.12. The number of benzene rings is 1. The van der Waals surface area contributed by atoms with Gasteiger partial charge < -0.3 is 15.0 Å². The normalized spacial score (nSPS) is 14.3. The standard InChI is InChI=1S/C17H21N3OS/c1-12(10-15(21)16-8-5-9-22-16)18-11-17-19-13-6-3-4-7-14(13)20(17)2/h3-9,12,15,18,21H,10-11H2,1-2H3. The van der Waals surface area contributed by atoms with Gasteiger partial charge in [-0.15, -0.1) is 11.3 Å². The summed E-state index contributed by atoms with van der Waals surface area (Å²) >= 11 is 1.60. The second-order valence-electron chi connectivity index (χ2n) is 5.62. The van der Waals surface area contributed by atoms with Crippen molar-refractivity contribution in [2.24, 2.45) is 7.05 Å². The van der Waals surface area contributed by atoms with Crippen LogP contribution in [0.3, 0.4) is 0 Å². The lowest BCUT2D eigenvalue weighted by atomic mass is 10.1. The zero-order valence-corrected chi connectivity index (χ0v) is 13.7. The third-order valence-corrected chi connectivity index (χ3v) is 4.91. The molecule has 0 saturated carbocycles. The summed E-state index contributed by atoms with van der Waals surface area (Å²) in [5.74, 6) is 1.01. The summed E-state index contributed by atoms with van der Waals surface area (Å²) in [5, 5.41) is 15.6. The molecule has 0 spiro atoms. The highest BCUT2D eigenvalue weighted by molar-refractivity contribution is 7.10. The van der Waals surface area contributed by atoms with Crippen LogP contribution in [0.1, 0.15) is 30.2 Å². The summed E-state index contributed by atoms with van der Waals surface area (Å²) in [6.07, 6.45) is 0.299. The van der Waals surface area contributed by atoms with Crippen molar-refractivity contribution in [3.63, 3.8) is 0 Å². The van der Waals surface area contributed by atoms with E-state index in [-0.39, 0.29) is 6.04 Å². The molecule has 1 aromatic carbocycles. The number of aliphatic hydroxyl groups is 1. The second kappa shape index (κ2) is 6.60. The Morgan fingerprint density at radius 2 is 2.09 bits per heavy atom. The van der Waals surface area contributed by atoms with E-state index in [1.54, 1.807) is 11.3 Å². The largest absolute Gasteiger partial charge is 0.388 e. The molecule has 0 aliphatic carbocycles. The Balaban J connectivity index is 1.60. The minimum atomic E-state index is -0.400. The number of aromatic nitrogens is 2. The number of aryl methyl sites for hydroxylation is 1. The molecular formula is C17H21N3OS. The average molecular weight is 315 g/mol. The van der Waals surface area contributed by atoms with Gasteiger partial charge in [0.2, 0.25) is 0 Å². The predicted octanol–water partition coefficient (Wildman–Crippen LogP) is 3.24. The molecule has 0 aliphatic heterocycles. The Hall–Kier alpha value is -1.69. The number of aliphatic hydroxyl groups excluding tert-OH is 1. The quantitative estimate of drug-likeness (QED) is 0.734. The zero-order chi connectivity index (χ0) is 15.5. The van der Waals surface area contributed by atoms with Crippen molar-refractivity contribution < 1.29 is 5.11 Å². The number of nitrogens with zero attached hydrogens (tertiary/aromatic N) is 2. The van der Waals surface area contributed by atoms with E-state index in [9.17, 15) is 5.11 Å². The van der Waals surface area contributed by atoms with Crippen molar-refractivity contribution in [2.45, 2.75) is 32.0 Å². The van der Waals surface area contributed by atoms with Crippen molar-refractivity contribution >= 4 is 22.4 Å². The zero-order valence-electron chi connectivity index (χ0n) is 12.9. The molecule has 2 atom stereocenters. The van der Waals surface area contributed by atoms with Gasteiger partial charge in [0.25, 0.3) is 0 Å². The van der Waals surface area contributed by atoms with Crippen molar-refractivity contribution in [3.05, 3.63) is 52.5 Å². The molecule has 5 heteroatoms. The molecule has 0 fully saturated rings. The number of thiophene rings is 1. The molecule has 2 aromatic heterocycles. The molecule has 2 heterocycles. The molecule has 2 N–H and O–H groups in total. The van der Waals surface area contributed by atoms with Gasteiger partial charge in [0, 0.05) is 18.0 Å². The Morgan fingerprint density at radius 1 is 1.27 bits per heavy atom. The van der Waals surface area contributed by atoms with Crippen LogP contribution in [0.4, 0.5) is 0 Å². The summed E-state index contributed by atoms with van der Waals surface area (Å²) in [4.78, 5) is 5.68. The summed E-state index contributed by atoms with van der Waals surface area (Å²) in [7, 11) is 2.04. The molecule has 22 heavy (non-hydrogen) atoms. The molecule has 3 rings (SSSR count). The highest BCUT2D eigenvalue weighted by atomic mass is 32.1. The second-order valence-corrected chi connectivity index (χ2v) is 6.60. The van der Waals surface area contributed by atoms with E-state index in [4.69, 9.17) is 0 Å². The molecule has 0 radical (unpaired) electrons. The first-order valence-electron chi connectivity index (χ1n) is 7.50. The highest BCUT2D eigenvalue weighted by Gasteiger charge is 2.14. The van der Waals surface area contributed by atoms with Gasteiger partial charge in [0.15, 0.2) is 0 Å². The summed E-state index contributed by atoms with van der Waals surface area (Å²) in [6.45, 7) is 2.79. The van der Waals surface area contributed by atoms with Crippen molar-refractivity contribution in [3.8, 4) is 0 Å². The summed E-state index contributed by atoms with van der Waals surface area (Å²) in [5.41, 5.74) is 2.17. The minimum Gasteiger partial charge on any atom is -0.388 e. The smallest absolute Gasteiger partial charge is 0.123 e. The van der Waals surface area contributed by atoms with Crippen LogP contribution in [-0.2, 0) is 13.6 Å². The lowest BCUT2D eigenvalue weighted by Gasteiger charge is -2.17. The number of imidazole rings is 1. The molecule has 0 aliphatic rings. The van der Waals surface area contributed by atoms with Gasteiger partial charge >= 0.3 is 0 Å². The fraction of sp³-hybridized carbons (Fsp3) is 0.353. The fourth-order valence-electron chi connectivity index (χ4n) is 2.63. The van der Waals surface area contributed by atoms with Gasteiger partial charge in [-0.1, -0.05) is 18.2 Å². The first-order chi connectivity index (χ1) is 10.6. The molecule has 0 saturated heterocycles. The van der Waals surface area contributed by atoms with Crippen LogP contribution >= 0.6 is 11.3 Å². The first-order valence-corrected chi connectivity index (χ1v) is 8.38. The van der Waals surface area contributed by atoms with Crippen LogP contribution in [0, 0.1) is 0 Å². The molecule has 0 amide bonds. The van der Waals surface area contributed by atoms with Crippen LogP contribution in [-0.4, -0.2) is 20.7 Å². The maximum Gasteiger partial charge on any atom is 0.123 e. The number of fused-ring (bicyclic) bond motifs is 1. The number of rotatable bonds is 6. The van der Waals surface area contributed by atoms with Crippen LogP contribution in [0.25, 0.3) is 11.0 Å². The molecule has 4 nitrogen and oxygen atoms in total. The molecular weight excluding hydrogens is 294 g/mol. The number of hydrogen-bond donors (Lipinski definition) is 2. The van der Waals surface area contributed by atoms with Crippen molar-refractivity contribution in [1.29, 1.82) is 0 Å². The van der Waals surface area contributed by atoms with E-state index < -0.39 is 6.10 Å². The maximum atomic E-state index is 10.2. The highest BCUT2D eigenvalue weighted by Crippen LogP contribution is 2.23. The van der Waals surface area contributed by atoms with Gasteiger partial charge in [-0.25, -0.2) is 4.98 Å². The van der Waals surface area contributed by atoms with Crippen LogP contribution in [0.15, 0.2) is 41.8 Å². The Labute approximate surface area is 134 Å². The van der Waals surface area contributed by atoms with Crippen LogP contribution in [0.5, 0.6) is 0 Å². The van der Waals surface area contributed by atoms with E-state index in [2.05, 4.69) is 27.9 Å². The Bertz CT molecular complexity index is 736. The lowest BCUT2D eigenvalue weighted by Crippen LogP contribution is -2.28. The molecule has 3 aromatic rings. The van der Waals surface area contributed by atoms with Gasteiger partial charge in [0.1, 0.15) is 5.82 Å². The van der Waals surface area contributed by atoms with Crippen molar-refractivity contribution in [1.82, 2.24) is 14.9 Å². The summed E-state index contributed by atoms with van der Waals surface area (Å²) in [6, 6.07) is 12.3. The van der Waals surface area contributed by atoms with E-state index in [1.807, 2.05) is 42.8 Å². The average Bonchev–Trinajstić information content (AvgIpc) is 3.14. The predicted molar refractivity (Wildman–Crippen MR) is 90.9 cm³/mol. The monoisotopic (exact) mass is 315 g/mol. The van der Waals surface area contributed by atoms with Crippen LogP contribution in [0.2, 0.25) is 0 Å². The Kier molecular flexibility index (Phi) is 4.57. The SMILES string of the molecule is CC(CC(O)c1cccs1)NCc1nc2ccccc2n1C. The van der Waals surface area contributed by atoms with Crippen molar-refractivity contribution in [2.75, 3.05) is 0 Å². The number of nitrogens with one attached hydrogen (secondary N) is 1. The van der Waals surface area contributed by atoms with Gasteiger partial charge in [-0.3, -0.25) is 0 Å². The van der Waals surface area contributed by atoms with Crippen LogP contribution < -0.4 is 5.32 Å². The number of hydrogen-bond acceptors (Lipinski definition) is 4. The minimum absolute atomic E-state index is 0.219. The lowest BCUT2D eigenvalue weighted by molar-refractivity contribution is 0.157. The van der Waals surface area contributed by atoms with Gasteiger partial charge in [-0.2, -0.15) is 0 Å². The van der Waals surface area contributed by atoms with E-state index in [0.29, 0.717) is 13.0 Å².